The molecule has 3 rings (SSSR count). The van der Waals surface area contributed by atoms with Crippen LogP contribution in [-0.4, -0.2) is 33.8 Å². The van der Waals surface area contributed by atoms with Crippen molar-refractivity contribution in [3.8, 4) is 0 Å². The molecule has 2 atom stereocenters. The van der Waals surface area contributed by atoms with Crippen molar-refractivity contribution in [1.82, 2.24) is 10.3 Å². The van der Waals surface area contributed by atoms with Crippen molar-refractivity contribution in [1.29, 1.82) is 0 Å². The van der Waals surface area contributed by atoms with Gasteiger partial charge in [0.2, 0.25) is 0 Å². The first-order valence-electron chi connectivity index (χ1n) is 8.76. The van der Waals surface area contributed by atoms with E-state index in [4.69, 9.17) is 0 Å². The van der Waals surface area contributed by atoms with E-state index >= 15 is 0 Å². The van der Waals surface area contributed by atoms with Crippen LogP contribution >= 0.6 is 0 Å². The summed E-state index contributed by atoms with van der Waals surface area (Å²) in [5.41, 5.74) is 3.02. The number of aryl methyl sites for hydroxylation is 1. The van der Waals surface area contributed by atoms with Gasteiger partial charge in [-0.2, -0.15) is 0 Å². The summed E-state index contributed by atoms with van der Waals surface area (Å²) in [7, 11) is 0. The number of rotatable bonds is 6. The third-order valence-electron chi connectivity index (χ3n) is 4.95. The minimum atomic E-state index is -1.06. The third-order valence-corrected chi connectivity index (χ3v) is 4.95. The lowest BCUT2D eigenvalue weighted by molar-refractivity contribution is -0.139. The monoisotopic (exact) mass is 354 g/mol. The van der Waals surface area contributed by atoms with Crippen LogP contribution in [0.1, 0.15) is 64.1 Å². The SMILES string of the molecule is CC(=O)c1c[nH]c(C(=O)NC(CC2CCCc3ccccc32)C(=O)O)c1. The number of carboxylic acid groups (broad SMARTS) is 1. The minimum Gasteiger partial charge on any atom is -0.480 e. The zero-order valence-electron chi connectivity index (χ0n) is 14.6. The summed E-state index contributed by atoms with van der Waals surface area (Å²) < 4.78 is 0. The van der Waals surface area contributed by atoms with Crippen molar-refractivity contribution in [2.45, 2.75) is 44.6 Å². The van der Waals surface area contributed by atoms with Crippen molar-refractivity contribution >= 4 is 17.7 Å². The number of H-pyrrole nitrogens is 1. The van der Waals surface area contributed by atoms with Gasteiger partial charge in [0, 0.05) is 11.8 Å². The Morgan fingerprint density at radius 3 is 2.77 bits per heavy atom. The van der Waals surface area contributed by atoms with Crippen LogP contribution in [0.4, 0.5) is 0 Å². The first kappa shape index (κ1) is 17.9. The molecule has 6 heteroatoms. The number of aliphatic carboxylic acids is 1. The van der Waals surface area contributed by atoms with E-state index in [0.717, 1.165) is 19.3 Å². The predicted octanol–water partition coefficient (Wildman–Crippen LogP) is 2.91. The summed E-state index contributed by atoms with van der Waals surface area (Å²) in [6, 6.07) is 8.54. The number of aromatic amines is 1. The van der Waals surface area contributed by atoms with Gasteiger partial charge in [0.1, 0.15) is 11.7 Å². The molecular weight excluding hydrogens is 332 g/mol. The number of carbonyl (C=O) groups excluding carboxylic acids is 2. The normalized spacial score (nSPS) is 17.2. The summed E-state index contributed by atoms with van der Waals surface area (Å²) in [6.07, 6.45) is 4.73. The molecule has 2 unspecified atom stereocenters. The van der Waals surface area contributed by atoms with Gasteiger partial charge < -0.3 is 15.4 Å². The molecule has 0 saturated heterocycles. The summed E-state index contributed by atoms with van der Waals surface area (Å²) in [5.74, 6) is -1.62. The Balaban J connectivity index is 1.73. The van der Waals surface area contributed by atoms with E-state index in [1.54, 1.807) is 0 Å². The second-order valence-corrected chi connectivity index (χ2v) is 6.75. The van der Waals surface area contributed by atoms with Crippen molar-refractivity contribution in [3.05, 3.63) is 58.9 Å². The second-order valence-electron chi connectivity index (χ2n) is 6.75. The van der Waals surface area contributed by atoms with Gasteiger partial charge in [0.25, 0.3) is 5.91 Å². The molecule has 0 saturated carbocycles. The van der Waals surface area contributed by atoms with Gasteiger partial charge in [-0.1, -0.05) is 24.3 Å². The molecule has 0 bridgehead atoms. The molecular formula is C20H22N2O4. The highest BCUT2D eigenvalue weighted by molar-refractivity contribution is 6.00. The molecule has 0 aliphatic heterocycles. The molecule has 1 amide bonds. The van der Waals surface area contributed by atoms with E-state index in [1.165, 1.54) is 30.3 Å². The molecule has 0 radical (unpaired) electrons. The van der Waals surface area contributed by atoms with Gasteiger partial charge in [-0.05, 0) is 55.7 Å². The summed E-state index contributed by atoms with van der Waals surface area (Å²) >= 11 is 0. The van der Waals surface area contributed by atoms with E-state index < -0.39 is 17.9 Å². The zero-order chi connectivity index (χ0) is 18.7. The maximum Gasteiger partial charge on any atom is 0.326 e. The van der Waals surface area contributed by atoms with Crippen molar-refractivity contribution in [2.24, 2.45) is 0 Å². The molecule has 1 aromatic heterocycles. The average Bonchev–Trinajstić information content (AvgIpc) is 3.12. The average molecular weight is 354 g/mol. The van der Waals surface area contributed by atoms with Gasteiger partial charge >= 0.3 is 5.97 Å². The van der Waals surface area contributed by atoms with Crippen molar-refractivity contribution < 1.29 is 19.5 Å². The molecule has 2 aromatic rings. The number of ketones is 1. The van der Waals surface area contributed by atoms with E-state index in [2.05, 4.69) is 16.4 Å². The standard InChI is InChI=1S/C20H22N2O4/c1-12(23)15-10-17(21-11-15)19(24)22-18(20(25)26)9-14-7-4-6-13-5-2-3-8-16(13)14/h2-3,5,8,10-11,14,18,21H,4,6-7,9H2,1H3,(H,22,24)(H,25,26). The van der Waals surface area contributed by atoms with Crippen LogP contribution in [0.2, 0.25) is 0 Å². The van der Waals surface area contributed by atoms with E-state index in [9.17, 15) is 19.5 Å². The van der Waals surface area contributed by atoms with E-state index in [0.29, 0.717) is 12.0 Å². The zero-order valence-corrected chi connectivity index (χ0v) is 14.6. The quantitative estimate of drug-likeness (QED) is 0.695. The number of hydrogen-bond donors (Lipinski definition) is 3. The first-order chi connectivity index (χ1) is 12.5. The maximum atomic E-state index is 12.4. The van der Waals surface area contributed by atoms with Gasteiger partial charge in [-0.25, -0.2) is 4.79 Å². The fourth-order valence-corrected chi connectivity index (χ4v) is 3.57. The molecule has 3 N–H and O–H groups in total. The van der Waals surface area contributed by atoms with Crippen LogP contribution in [0.15, 0.2) is 36.5 Å². The van der Waals surface area contributed by atoms with Crippen LogP contribution in [0, 0.1) is 0 Å². The molecule has 1 aliphatic rings. The molecule has 136 valence electrons. The highest BCUT2D eigenvalue weighted by Gasteiger charge is 2.28. The number of benzene rings is 1. The molecule has 0 fully saturated rings. The van der Waals surface area contributed by atoms with Crippen LogP contribution in [-0.2, 0) is 11.2 Å². The Labute approximate surface area is 151 Å². The number of amides is 1. The lowest BCUT2D eigenvalue weighted by Gasteiger charge is -2.28. The first-order valence-corrected chi connectivity index (χ1v) is 8.76. The number of fused-ring (bicyclic) bond motifs is 1. The Morgan fingerprint density at radius 1 is 1.31 bits per heavy atom. The maximum absolute atomic E-state index is 12.4. The lowest BCUT2D eigenvalue weighted by Crippen LogP contribution is -2.42. The number of hydrogen-bond acceptors (Lipinski definition) is 3. The Kier molecular flexibility index (Phi) is 5.21. The Morgan fingerprint density at radius 2 is 2.08 bits per heavy atom. The van der Waals surface area contributed by atoms with E-state index in [1.807, 2.05) is 18.2 Å². The summed E-state index contributed by atoms with van der Waals surface area (Å²) in [5, 5.41) is 12.1. The van der Waals surface area contributed by atoms with Crippen LogP contribution in [0.5, 0.6) is 0 Å². The van der Waals surface area contributed by atoms with Gasteiger partial charge in [-0.3, -0.25) is 9.59 Å². The number of nitrogens with one attached hydrogen (secondary N) is 2. The predicted molar refractivity (Wildman–Crippen MR) is 96.4 cm³/mol. The summed E-state index contributed by atoms with van der Waals surface area (Å²) in [6.45, 7) is 1.41. The van der Waals surface area contributed by atoms with Gasteiger partial charge in [-0.15, -0.1) is 0 Å². The number of carboxylic acids is 1. The van der Waals surface area contributed by atoms with Crippen molar-refractivity contribution in [3.63, 3.8) is 0 Å². The number of aromatic nitrogens is 1. The van der Waals surface area contributed by atoms with Crippen LogP contribution < -0.4 is 5.32 Å². The fourth-order valence-electron chi connectivity index (χ4n) is 3.57. The molecule has 26 heavy (non-hydrogen) atoms. The van der Waals surface area contributed by atoms with Gasteiger partial charge in [0.15, 0.2) is 5.78 Å². The minimum absolute atomic E-state index is 0.109. The van der Waals surface area contributed by atoms with Gasteiger partial charge in [0.05, 0.1) is 0 Å². The fraction of sp³-hybridized carbons (Fsp3) is 0.350. The number of Topliss-reactive ketones (excluding diaryl/α,β-unsaturated/α-hetero) is 1. The highest BCUT2D eigenvalue weighted by atomic mass is 16.4. The van der Waals surface area contributed by atoms with Crippen LogP contribution in [0.3, 0.4) is 0 Å². The van der Waals surface area contributed by atoms with E-state index in [-0.39, 0.29) is 17.4 Å². The highest BCUT2D eigenvalue weighted by Crippen LogP contribution is 2.34. The Bertz CT molecular complexity index is 840. The Hall–Kier alpha value is -2.89. The molecule has 1 aromatic carbocycles. The summed E-state index contributed by atoms with van der Waals surface area (Å²) in [4.78, 5) is 38.1. The molecule has 1 aliphatic carbocycles. The topological polar surface area (TPSA) is 99.3 Å². The molecule has 6 nitrogen and oxygen atoms in total. The van der Waals surface area contributed by atoms with Crippen molar-refractivity contribution in [2.75, 3.05) is 0 Å². The second kappa shape index (κ2) is 7.56. The lowest BCUT2D eigenvalue weighted by atomic mass is 9.79. The molecule has 1 heterocycles. The number of carbonyl (C=O) groups is 3. The molecule has 0 spiro atoms. The largest absolute Gasteiger partial charge is 0.480 e. The smallest absolute Gasteiger partial charge is 0.326 e. The van der Waals surface area contributed by atoms with Crippen LogP contribution in [0.25, 0.3) is 0 Å². The third kappa shape index (κ3) is 3.85.